The van der Waals surface area contributed by atoms with Gasteiger partial charge < -0.3 is 14.7 Å². The maximum absolute atomic E-state index is 12.6. The molecule has 0 aromatic heterocycles. The zero-order chi connectivity index (χ0) is 17.7. The van der Waals surface area contributed by atoms with Gasteiger partial charge in [-0.1, -0.05) is 30.7 Å². The van der Waals surface area contributed by atoms with Gasteiger partial charge in [-0.3, -0.25) is 9.59 Å². The number of carbonyl (C=O) groups is 2. The molecule has 0 aliphatic carbocycles. The highest BCUT2D eigenvalue weighted by atomic mass is 35.5. The highest BCUT2D eigenvalue weighted by Gasteiger charge is 2.36. The van der Waals surface area contributed by atoms with Gasteiger partial charge in [0.15, 0.2) is 0 Å². The molecular formula is C18H24ClNO4. The number of carboxylic acids is 1. The average molecular weight is 354 g/mol. The lowest BCUT2D eigenvalue weighted by molar-refractivity contribution is -0.140. The molecule has 3 atom stereocenters. The molecule has 1 aromatic rings. The van der Waals surface area contributed by atoms with Crippen LogP contribution >= 0.6 is 11.6 Å². The summed E-state index contributed by atoms with van der Waals surface area (Å²) < 4.78 is 5.32. The molecule has 1 aromatic carbocycles. The van der Waals surface area contributed by atoms with E-state index < -0.39 is 5.97 Å². The lowest BCUT2D eigenvalue weighted by Crippen LogP contribution is -2.38. The Hall–Kier alpha value is -1.59. The first-order chi connectivity index (χ1) is 11.4. The number of rotatable bonds is 7. The fraction of sp³-hybridized carbons (Fsp3) is 0.556. The van der Waals surface area contributed by atoms with Gasteiger partial charge in [-0.05, 0) is 36.5 Å². The first-order valence-electron chi connectivity index (χ1n) is 8.17. The minimum absolute atomic E-state index is 0.00210. The second kappa shape index (κ2) is 8.49. The van der Waals surface area contributed by atoms with Crippen LogP contribution in [0.25, 0.3) is 0 Å². The third-order valence-corrected chi connectivity index (χ3v) is 4.71. The maximum Gasteiger partial charge on any atom is 0.305 e. The molecule has 1 aliphatic heterocycles. The summed E-state index contributed by atoms with van der Waals surface area (Å²) in [5.74, 6) is -0.711. The monoisotopic (exact) mass is 353 g/mol. The Bertz CT molecular complexity index is 575. The van der Waals surface area contributed by atoms with Crippen LogP contribution in [0.1, 0.15) is 31.7 Å². The van der Waals surface area contributed by atoms with E-state index in [4.69, 9.17) is 21.4 Å². The lowest BCUT2D eigenvalue weighted by atomic mass is 9.97. The van der Waals surface area contributed by atoms with Crippen molar-refractivity contribution in [2.45, 2.75) is 44.8 Å². The number of ether oxygens (including phenoxy) is 1. The number of amides is 1. The highest BCUT2D eigenvalue weighted by molar-refractivity contribution is 6.30. The summed E-state index contributed by atoms with van der Waals surface area (Å²) in [4.78, 5) is 25.3. The van der Waals surface area contributed by atoms with Crippen molar-refractivity contribution in [1.82, 2.24) is 4.90 Å². The molecule has 1 aliphatic rings. The summed E-state index contributed by atoms with van der Waals surface area (Å²) in [5.41, 5.74) is 1.14. The fourth-order valence-corrected chi connectivity index (χ4v) is 3.38. The molecule has 5 nitrogen and oxygen atoms in total. The summed E-state index contributed by atoms with van der Waals surface area (Å²) in [5, 5.41) is 9.74. The largest absolute Gasteiger partial charge is 0.481 e. The van der Waals surface area contributed by atoms with E-state index >= 15 is 0 Å². The summed E-state index contributed by atoms with van der Waals surface area (Å²) in [7, 11) is 1.60. The molecule has 0 bridgehead atoms. The average Bonchev–Trinajstić information content (AvgIpc) is 2.92. The number of carbonyl (C=O) groups excluding carboxylic acids is 1. The topological polar surface area (TPSA) is 66.8 Å². The van der Waals surface area contributed by atoms with Crippen molar-refractivity contribution in [3.8, 4) is 0 Å². The standard InChI is InChI=1S/C18H24ClNO4/c1-12(7-13-3-5-14(19)6-4-13)8-17(21)20-11-16(24-2)9-15(20)10-18(22)23/h3-6,12,15-16H,7-11H2,1-2H3,(H,22,23). The van der Waals surface area contributed by atoms with Crippen LogP contribution in [0.15, 0.2) is 24.3 Å². The molecule has 1 fully saturated rings. The molecule has 1 amide bonds. The van der Waals surface area contributed by atoms with Crippen LogP contribution in [0.5, 0.6) is 0 Å². The number of halogens is 1. The minimum atomic E-state index is -0.885. The number of methoxy groups -OCH3 is 1. The molecule has 1 saturated heterocycles. The van der Waals surface area contributed by atoms with Gasteiger partial charge in [0, 0.05) is 31.1 Å². The number of hydrogen-bond donors (Lipinski definition) is 1. The molecule has 132 valence electrons. The van der Waals surface area contributed by atoms with Gasteiger partial charge in [-0.15, -0.1) is 0 Å². The third-order valence-electron chi connectivity index (χ3n) is 4.46. The van der Waals surface area contributed by atoms with Crippen LogP contribution in [0.2, 0.25) is 5.02 Å². The molecular weight excluding hydrogens is 330 g/mol. The molecule has 0 saturated carbocycles. The van der Waals surface area contributed by atoms with Crippen molar-refractivity contribution in [1.29, 1.82) is 0 Å². The van der Waals surface area contributed by atoms with Crippen molar-refractivity contribution in [3.05, 3.63) is 34.9 Å². The van der Waals surface area contributed by atoms with Gasteiger partial charge >= 0.3 is 5.97 Å². The Morgan fingerprint density at radius 2 is 2.04 bits per heavy atom. The van der Waals surface area contributed by atoms with E-state index in [0.717, 1.165) is 12.0 Å². The smallest absolute Gasteiger partial charge is 0.305 e. The van der Waals surface area contributed by atoms with E-state index in [9.17, 15) is 9.59 Å². The van der Waals surface area contributed by atoms with Crippen LogP contribution < -0.4 is 0 Å². The van der Waals surface area contributed by atoms with Gasteiger partial charge in [0.05, 0.1) is 12.5 Å². The number of nitrogens with zero attached hydrogens (tertiary/aromatic N) is 1. The predicted molar refractivity (Wildman–Crippen MR) is 92.1 cm³/mol. The number of aliphatic carboxylic acids is 1. The van der Waals surface area contributed by atoms with Crippen molar-refractivity contribution in [3.63, 3.8) is 0 Å². The zero-order valence-corrected chi connectivity index (χ0v) is 14.8. The van der Waals surface area contributed by atoms with Crippen molar-refractivity contribution >= 4 is 23.5 Å². The van der Waals surface area contributed by atoms with Crippen LogP contribution in [0, 0.1) is 5.92 Å². The molecule has 3 unspecified atom stereocenters. The van der Waals surface area contributed by atoms with E-state index in [1.165, 1.54) is 0 Å². The van der Waals surface area contributed by atoms with E-state index in [0.29, 0.717) is 24.4 Å². The van der Waals surface area contributed by atoms with Gasteiger partial charge in [0.1, 0.15) is 0 Å². The third kappa shape index (κ3) is 5.21. The van der Waals surface area contributed by atoms with Crippen molar-refractivity contribution < 1.29 is 19.4 Å². The van der Waals surface area contributed by atoms with Crippen LogP contribution in [0.3, 0.4) is 0 Å². The lowest BCUT2D eigenvalue weighted by Gasteiger charge is -2.25. The molecule has 1 heterocycles. The Morgan fingerprint density at radius 1 is 1.38 bits per heavy atom. The molecule has 0 radical (unpaired) electrons. The Balaban J connectivity index is 1.93. The normalized spacial score (nSPS) is 21.7. The summed E-state index contributed by atoms with van der Waals surface area (Å²) in [6.45, 7) is 2.50. The van der Waals surface area contributed by atoms with Crippen LogP contribution in [0.4, 0.5) is 0 Å². The van der Waals surface area contributed by atoms with E-state index in [2.05, 4.69) is 0 Å². The quantitative estimate of drug-likeness (QED) is 0.818. The fourth-order valence-electron chi connectivity index (χ4n) is 3.26. The first kappa shape index (κ1) is 18.7. The molecule has 0 spiro atoms. The van der Waals surface area contributed by atoms with Gasteiger partial charge in [-0.25, -0.2) is 0 Å². The van der Waals surface area contributed by atoms with Crippen molar-refractivity contribution in [2.75, 3.05) is 13.7 Å². The molecule has 24 heavy (non-hydrogen) atoms. The number of carboxylic acid groups (broad SMARTS) is 1. The van der Waals surface area contributed by atoms with E-state index in [1.54, 1.807) is 12.0 Å². The highest BCUT2D eigenvalue weighted by Crippen LogP contribution is 2.25. The zero-order valence-electron chi connectivity index (χ0n) is 14.1. The number of hydrogen-bond acceptors (Lipinski definition) is 3. The van der Waals surface area contributed by atoms with Crippen molar-refractivity contribution in [2.24, 2.45) is 5.92 Å². The van der Waals surface area contributed by atoms with E-state index in [1.807, 2.05) is 31.2 Å². The second-order valence-electron chi connectivity index (χ2n) is 6.53. The summed E-state index contributed by atoms with van der Waals surface area (Å²) >= 11 is 5.88. The molecule has 1 N–H and O–H groups in total. The van der Waals surface area contributed by atoms with Gasteiger partial charge in [-0.2, -0.15) is 0 Å². The van der Waals surface area contributed by atoms with Gasteiger partial charge in [0.2, 0.25) is 5.91 Å². The van der Waals surface area contributed by atoms with Gasteiger partial charge in [0.25, 0.3) is 0 Å². The summed E-state index contributed by atoms with van der Waals surface area (Å²) in [6, 6.07) is 7.35. The summed E-state index contributed by atoms with van der Waals surface area (Å²) in [6.07, 6.45) is 1.66. The maximum atomic E-state index is 12.6. The number of benzene rings is 1. The number of likely N-dealkylation sites (tertiary alicyclic amines) is 1. The second-order valence-corrected chi connectivity index (χ2v) is 6.97. The Labute approximate surface area is 147 Å². The molecule has 6 heteroatoms. The predicted octanol–water partition coefficient (Wildman–Crippen LogP) is 3.00. The minimum Gasteiger partial charge on any atom is -0.481 e. The van der Waals surface area contributed by atoms with Crippen LogP contribution in [-0.4, -0.2) is 47.7 Å². The van der Waals surface area contributed by atoms with Crippen LogP contribution in [-0.2, 0) is 20.7 Å². The Kier molecular flexibility index (Phi) is 6.63. The SMILES string of the molecule is COC1CC(CC(=O)O)N(C(=O)CC(C)Cc2ccc(Cl)cc2)C1. The molecule has 2 rings (SSSR count). The Morgan fingerprint density at radius 3 is 2.62 bits per heavy atom. The van der Waals surface area contributed by atoms with E-state index in [-0.39, 0.29) is 30.4 Å². The first-order valence-corrected chi connectivity index (χ1v) is 8.55.